The molecule has 2 aromatic rings. The Kier molecular flexibility index (Phi) is 3.26. The number of rotatable bonds is 4. The number of anilines is 1. The summed E-state index contributed by atoms with van der Waals surface area (Å²) < 4.78 is 6.70. The van der Waals surface area contributed by atoms with Crippen molar-refractivity contribution in [3.8, 4) is 5.75 Å². The zero-order valence-corrected chi connectivity index (χ0v) is 10.3. The first-order chi connectivity index (χ1) is 7.65. The smallest absolute Gasteiger partial charge is 0.181 e. The Morgan fingerprint density at radius 3 is 3.00 bits per heavy atom. The van der Waals surface area contributed by atoms with Gasteiger partial charge in [-0.1, -0.05) is 11.3 Å². The summed E-state index contributed by atoms with van der Waals surface area (Å²) >= 11 is 1.48. The fraction of sp³-hybridized carbons (Fsp3) is 0.364. The van der Waals surface area contributed by atoms with E-state index in [2.05, 4.69) is 9.88 Å². The van der Waals surface area contributed by atoms with Gasteiger partial charge in [-0.25, -0.2) is 4.98 Å². The summed E-state index contributed by atoms with van der Waals surface area (Å²) in [5, 5.41) is 0.598. The number of hydrogen-bond donors (Lipinski definition) is 1. The van der Waals surface area contributed by atoms with Crippen LogP contribution < -0.4 is 10.5 Å². The van der Waals surface area contributed by atoms with Crippen LogP contribution in [0.5, 0.6) is 5.75 Å². The molecule has 0 amide bonds. The van der Waals surface area contributed by atoms with Crippen LogP contribution in [0.3, 0.4) is 0 Å². The Bertz CT molecular complexity index is 481. The minimum atomic E-state index is 0.598. The highest BCUT2D eigenvalue weighted by Gasteiger charge is 2.02. The van der Waals surface area contributed by atoms with Gasteiger partial charge in [-0.3, -0.25) is 0 Å². The number of benzene rings is 1. The zero-order chi connectivity index (χ0) is 11.5. The summed E-state index contributed by atoms with van der Waals surface area (Å²) in [6.45, 7) is 1.59. The highest BCUT2D eigenvalue weighted by Crippen LogP contribution is 2.27. The fourth-order valence-corrected chi connectivity index (χ4v) is 2.12. The molecule has 0 aliphatic carbocycles. The van der Waals surface area contributed by atoms with E-state index in [9.17, 15) is 0 Å². The van der Waals surface area contributed by atoms with Gasteiger partial charge in [0.25, 0.3) is 0 Å². The number of fused-ring (bicyclic) bond motifs is 1. The van der Waals surface area contributed by atoms with Gasteiger partial charge in [-0.15, -0.1) is 0 Å². The molecule has 1 aromatic heterocycles. The van der Waals surface area contributed by atoms with E-state index >= 15 is 0 Å². The number of nitrogens with zero attached hydrogens (tertiary/aromatic N) is 2. The molecule has 4 nitrogen and oxygen atoms in total. The van der Waals surface area contributed by atoms with Crippen molar-refractivity contribution in [2.75, 3.05) is 33.0 Å². The van der Waals surface area contributed by atoms with Crippen molar-refractivity contribution in [2.45, 2.75) is 0 Å². The van der Waals surface area contributed by atoms with Gasteiger partial charge in [-0.05, 0) is 32.3 Å². The molecule has 0 fully saturated rings. The predicted molar refractivity (Wildman–Crippen MR) is 68.1 cm³/mol. The van der Waals surface area contributed by atoms with Crippen LogP contribution in [0.15, 0.2) is 18.2 Å². The first-order valence-corrected chi connectivity index (χ1v) is 5.90. The van der Waals surface area contributed by atoms with Gasteiger partial charge in [0.2, 0.25) is 0 Å². The van der Waals surface area contributed by atoms with E-state index in [1.54, 1.807) is 0 Å². The summed E-state index contributed by atoms with van der Waals surface area (Å²) in [4.78, 5) is 6.28. The molecule has 5 heteroatoms. The Hall–Kier alpha value is -1.33. The molecular formula is C11H15N3OS. The summed E-state index contributed by atoms with van der Waals surface area (Å²) in [5.74, 6) is 0.873. The molecule has 2 N–H and O–H groups in total. The quantitative estimate of drug-likeness (QED) is 0.881. The van der Waals surface area contributed by atoms with Crippen LogP contribution in [0.25, 0.3) is 10.2 Å². The van der Waals surface area contributed by atoms with Crippen LogP contribution in [0.2, 0.25) is 0 Å². The highest BCUT2D eigenvalue weighted by atomic mass is 32.1. The lowest BCUT2D eigenvalue weighted by Crippen LogP contribution is -2.19. The van der Waals surface area contributed by atoms with Crippen molar-refractivity contribution in [1.29, 1.82) is 0 Å². The Balaban J connectivity index is 2.07. The monoisotopic (exact) mass is 237 g/mol. The average molecular weight is 237 g/mol. The lowest BCUT2D eigenvalue weighted by molar-refractivity contribution is 0.261. The normalized spacial score (nSPS) is 11.2. The second kappa shape index (κ2) is 4.67. The van der Waals surface area contributed by atoms with Gasteiger partial charge >= 0.3 is 0 Å². The SMILES string of the molecule is CN(C)CCOc1ccc2nc(N)sc2c1. The second-order valence-electron chi connectivity index (χ2n) is 3.83. The predicted octanol–water partition coefficient (Wildman–Crippen LogP) is 1.82. The molecule has 1 aromatic carbocycles. The molecular weight excluding hydrogens is 222 g/mol. The third kappa shape index (κ3) is 2.62. The minimum Gasteiger partial charge on any atom is -0.492 e. The summed E-state index contributed by atoms with van der Waals surface area (Å²) in [5.41, 5.74) is 6.57. The number of ether oxygens (including phenoxy) is 1. The molecule has 1 heterocycles. The van der Waals surface area contributed by atoms with Crippen molar-refractivity contribution in [1.82, 2.24) is 9.88 Å². The lowest BCUT2D eigenvalue weighted by Gasteiger charge is -2.10. The molecule has 2 rings (SSSR count). The number of likely N-dealkylation sites (N-methyl/N-ethyl adjacent to an activating group) is 1. The van der Waals surface area contributed by atoms with Crippen molar-refractivity contribution in [3.63, 3.8) is 0 Å². The van der Waals surface area contributed by atoms with E-state index in [4.69, 9.17) is 10.5 Å². The molecule has 0 saturated carbocycles. The van der Waals surface area contributed by atoms with Crippen LogP contribution in [0.4, 0.5) is 5.13 Å². The molecule has 0 aliphatic heterocycles. The molecule has 0 radical (unpaired) electrons. The maximum absolute atomic E-state index is 5.64. The van der Waals surface area contributed by atoms with Crippen molar-refractivity contribution in [2.24, 2.45) is 0 Å². The number of hydrogen-bond acceptors (Lipinski definition) is 5. The van der Waals surface area contributed by atoms with Crippen molar-refractivity contribution < 1.29 is 4.74 Å². The maximum Gasteiger partial charge on any atom is 0.181 e. The van der Waals surface area contributed by atoms with E-state index in [0.717, 1.165) is 22.5 Å². The minimum absolute atomic E-state index is 0.598. The van der Waals surface area contributed by atoms with Crippen LogP contribution in [-0.4, -0.2) is 37.1 Å². The van der Waals surface area contributed by atoms with Gasteiger partial charge in [0.1, 0.15) is 12.4 Å². The van der Waals surface area contributed by atoms with Crippen molar-refractivity contribution in [3.05, 3.63) is 18.2 Å². The standard InChI is InChI=1S/C11H15N3OS/c1-14(2)5-6-15-8-3-4-9-10(7-8)16-11(12)13-9/h3-4,7H,5-6H2,1-2H3,(H2,12,13). The highest BCUT2D eigenvalue weighted by molar-refractivity contribution is 7.22. The molecule has 16 heavy (non-hydrogen) atoms. The molecule has 0 aliphatic rings. The maximum atomic E-state index is 5.64. The molecule has 0 spiro atoms. The molecule has 0 unspecified atom stereocenters. The summed E-state index contributed by atoms with van der Waals surface area (Å²) in [6, 6.07) is 5.85. The summed E-state index contributed by atoms with van der Waals surface area (Å²) in [6.07, 6.45) is 0. The Morgan fingerprint density at radius 2 is 2.25 bits per heavy atom. The van der Waals surface area contributed by atoms with Gasteiger partial charge in [-0.2, -0.15) is 0 Å². The Morgan fingerprint density at radius 1 is 1.44 bits per heavy atom. The average Bonchev–Trinajstić information content (AvgIpc) is 2.56. The third-order valence-electron chi connectivity index (χ3n) is 2.18. The van der Waals surface area contributed by atoms with Crippen molar-refractivity contribution >= 4 is 26.7 Å². The van der Waals surface area contributed by atoms with Gasteiger partial charge in [0, 0.05) is 6.54 Å². The van der Waals surface area contributed by atoms with E-state index in [1.807, 2.05) is 32.3 Å². The number of nitrogen functional groups attached to an aromatic ring is 1. The fourth-order valence-electron chi connectivity index (χ4n) is 1.36. The largest absolute Gasteiger partial charge is 0.492 e. The van der Waals surface area contributed by atoms with Crippen LogP contribution in [0.1, 0.15) is 0 Å². The zero-order valence-electron chi connectivity index (χ0n) is 9.43. The third-order valence-corrected chi connectivity index (χ3v) is 3.03. The first-order valence-electron chi connectivity index (χ1n) is 5.09. The van der Waals surface area contributed by atoms with Gasteiger partial charge < -0.3 is 15.4 Å². The van der Waals surface area contributed by atoms with E-state index in [0.29, 0.717) is 11.7 Å². The van der Waals surface area contributed by atoms with Crippen LogP contribution in [0, 0.1) is 0 Å². The molecule has 0 saturated heterocycles. The Labute approximate surface area is 98.6 Å². The number of nitrogens with two attached hydrogens (primary N) is 1. The number of thiazole rings is 1. The van der Waals surface area contributed by atoms with Gasteiger partial charge in [0.05, 0.1) is 10.2 Å². The van der Waals surface area contributed by atoms with E-state index in [-0.39, 0.29) is 0 Å². The lowest BCUT2D eigenvalue weighted by atomic mass is 10.3. The van der Waals surface area contributed by atoms with E-state index < -0.39 is 0 Å². The number of aromatic nitrogens is 1. The van der Waals surface area contributed by atoms with Crippen LogP contribution >= 0.6 is 11.3 Å². The summed E-state index contributed by atoms with van der Waals surface area (Å²) in [7, 11) is 4.05. The van der Waals surface area contributed by atoms with E-state index in [1.165, 1.54) is 11.3 Å². The molecule has 0 atom stereocenters. The van der Waals surface area contributed by atoms with Crippen LogP contribution in [-0.2, 0) is 0 Å². The molecule has 86 valence electrons. The van der Waals surface area contributed by atoms with Gasteiger partial charge in [0.15, 0.2) is 5.13 Å². The molecule has 0 bridgehead atoms. The first kappa shape index (κ1) is 11.2. The second-order valence-corrected chi connectivity index (χ2v) is 4.90. The topological polar surface area (TPSA) is 51.4 Å².